The Balaban J connectivity index is 2.12. The third kappa shape index (κ3) is 6.96. The molecular weight excluding hydrogens is 412 g/mol. The van der Waals surface area contributed by atoms with E-state index in [1.807, 2.05) is 17.0 Å². The molecule has 0 fully saturated rings. The molecule has 0 amide bonds. The maximum absolute atomic E-state index is 12.7. The Labute approximate surface area is 188 Å². The Morgan fingerprint density at radius 1 is 1.09 bits per heavy atom. The lowest BCUT2D eigenvalue weighted by Crippen LogP contribution is -2.43. The van der Waals surface area contributed by atoms with Crippen molar-refractivity contribution in [3.05, 3.63) is 50.7 Å². The normalized spacial score (nSPS) is 11.9. The van der Waals surface area contributed by atoms with E-state index < -0.39 is 23.3 Å². The summed E-state index contributed by atoms with van der Waals surface area (Å²) in [6.07, 6.45) is 5.26. The topological polar surface area (TPSA) is 107 Å². The van der Waals surface area contributed by atoms with Gasteiger partial charge in [-0.15, -0.1) is 5.10 Å². The third-order valence-electron chi connectivity index (χ3n) is 5.39. The second kappa shape index (κ2) is 12.1. The number of unbranched alkanes of at least 4 members (excludes halogenated alkanes) is 4. The van der Waals surface area contributed by atoms with Crippen molar-refractivity contribution >= 4 is 11.8 Å². The van der Waals surface area contributed by atoms with Gasteiger partial charge in [-0.3, -0.25) is 9.36 Å². The smallest absolute Gasteiger partial charge is 0.346 e. The van der Waals surface area contributed by atoms with Crippen LogP contribution in [0.15, 0.2) is 33.9 Å². The summed E-state index contributed by atoms with van der Waals surface area (Å²) >= 11 is 0. The van der Waals surface area contributed by atoms with Crippen molar-refractivity contribution in [2.45, 2.75) is 58.5 Å². The standard InChI is InChI=1S/C23H34N4O5/c1-5-6-7-8-9-15-27(20-21(28)25(3)23(31)26(4)24-20)16-14-18-10-12-19(13-11-18)32-17(2)22(29)30/h10-13,17H,5-9,14-16H2,1-4H3,(H,29,30). The molecule has 0 aliphatic carbocycles. The zero-order valence-corrected chi connectivity index (χ0v) is 19.4. The minimum Gasteiger partial charge on any atom is -0.479 e. The highest BCUT2D eigenvalue weighted by Crippen LogP contribution is 2.16. The summed E-state index contributed by atoms with van der Waals surface area (Å²) < 4.78 is 7.64. The van der Waals surface area contributed by atoms with E-state index in [1.165, 1.54) is 25.1 Å². The van der Waals surface area contributed by atoms with Gasteiger partial charge in [0.25, 0.3) is 5.56 Å². The molecule has 0 saturated carbocycles. The minimum atomic E-state index is -1.02. The highest BCUT2D eigenvalue weighted by molar-refractivity contribution is 5.72. The quantitative estimate of drug-likeness (QED) is 0.471. The van der Waals surface area contributed by atoms with Gasteiger partial charge in [0.1, 0.15) is 5.75 Å². The van der Waals surface area contributed by atoms with Gasteiger partial charge in [-0.1, -0.05) is 44.7 Å². The van der Waals surface area contributed by atoms with Crippen molar-refractivity contribution in [1.82, 2.24) is 14.3 Å². The fourth-order valence-electron chi connectivity index (χ4n) is 3.36. The summed E-state index contributed by atoms with van der Waals surface area (Å²) in [7, 11) is 3.01. The van der Waals surface area contributed by atoms with Gasteiger partial charge < -0.3 is 14.7 Å². The van der Waals surface area contributed by atoms with Crippen molar-refractivity contribution in [3.63, 3.8) is 0 Å². The van der Waals surface area contributed by atoms with Gasteiger partial charge >= 0.3 is 11.7 Å². The summed E-state index contributed by atoms with van der Waals surface area (Å²) in [6.45, 7) is 4.90. The van der Waals surface area contributed by atoms with E-state index >= 15 is 0 Å². The van der Waals surface area contributed by atoms with E-state index in [2.05, 4.69) is 12.0 Å². The number of rotatable bonds is 13. The van der Waals surface area contributed by atoms with Gasteiger partial charge in [0, 0.05) is 27.2 Å². The highest BCUT2D eigenvalue weighted by Gasteiger charge is 2.17. The summed E-state index contributed by atoms with van der Waals surface area (Å²) in [5.41, 5.74) is 0.179. The molecule has 0 aliphatic rings. The van der Waals surface area contributed by atoms with Crippen LogP contribution in [0.1, 0.15) is 51.5 Å². The van der Waals surface area contributed by atoms with Crippen LogP contribution >= 0.6 is 0 Å². The molecule has 0 radical (unpaired) electrons. The van der Waals surface area contributed by atoms with Crippen LogP contribution in [0.3, 0.4) is 0 Å². The number of carboxylic acid groups (broad SMARTS) is 1. The lowest BCUT2D eigenvalue weighted by Gasteiger charge is -2.24. The first-order valence-corrected chi connectivity index (χ1v) is 11.1. The molecule has 2 rings (SSSR count). The van der Waals surface area contributed by atoms with E-state index in [0.29, 0.717) is 25.3 Å². The first-order valence-electron chi connectivity index (χ1n) is 11.1. The monoisotopic (exact) mass is 446 g/mol. The Morgan fingerprint density at radius 2 is 1.75 bits per heavy atom. The van der Waals surface area contributed by atoms with Gasteiger partial charge in [0.05, 0.1) is 0 Å². The number of benzene rings is 1. The average molecular weight is 447 g/mol. The Bertz CT molecular complexity index is 997. The number of hydrogen-bond donors (Lipinski definition) is 1. The predicted octanol–water partition coefficient (Wildman–Crippen LogP) is 2.35. The summed E-state index contributed by atoms with van der Waals surface area (Å²) in [5.74, 6) is -0.250. The first-order chi connectivity index (χ1) is 15.2. The zero-order chi connectivity index (χ0) is 23.7. The Kier molecular flexibility index (Phi) is 9.49. The van der Waals surface area contributed by atoms with Gasteiger partial charge in [-0.2, -0.15) is 0 Å². The minimum absolute atomic E-state index is 0.278. The number of anilines is 1. The molecule has 1 heterocycles. The number of aryl methyl sites for hydroxylation is 1. The van der Waals surface area contributed by atoms with E-state index in [0.717, 1.165) is 35.8 Å². The van der Waals surface area contributed by atoms with Gasteiger partial charge in [-0.05, 0) is 37.5 Å². The number of carbonyl (C=O) groups is 1. The van der Waals surface area contributed by atoms with E-state index in [4.69, 9.17) is 9.84 Å². The summed E-state index contributed by atoms with van der Waals surface area (Å²) in [5, 5.41) is 13.2. The molecule has 1 aromatic carbocycles. The molecule has 9 nitrogen and oxygen atoms in total. The Hall–Kier alpha value is -3.10. The molecule has 1 unspecified atom stereocenters. The lowest BCUT2D eigenvalue weighted by atomic mass is 10.1. The van der Waals surface area contributed by atoms with Crippen LogP contribution in [0.4, 0.5) is 5.82 Å². The largest absolute Gasteiger partial charge is 0.479 e. The van der Waals surface area contributed by atoms with Crippen LogP contribution in [0.25, 0.3) is 0 Å². The number of aliphatic carboxylic acids is 1. The van der Waals surface area contributed by atoms with Crippen molar-refractivity contribution < 1.29 is 14.6 Å². The molecule has 9 heteroatoms. The molecule has 2 aromatic rings. The molecule has 0 spiro atoms. The molecule has 32 heavy (non-hydrogen) atoms. The first kappa shape index (κ1) is 25.2. The fraction of sp³-hybridized carbons (Fsp3) is 0.565. The maximum atomic E-state index is 12.7. The van der Waals surface area contributed by atoms with Crippen molar-refractivity contribution in [2.75, 3.05) is 18.0 Å². The number of hydrogen-bond acceptors (Lipinski definition) is 6. The van der Waals surface area contributed by atoms with Crippen LogP contribution < -0.4 is 20.9 Å². The molecular formula is C23H34N4O5. The number of aromatic nitrogens is 3. The van der Waals surface area contributed by atoms with Gasteiger partial charge in [0.2, 0.25) is 5.82 Å². The SMILES string of the molecule is CCCCCCCN(CCc1ccc(OC(C)C(=O)O)cc1)c1nn(C)c(=O)n(C)c1=O. The van der Waals surface area contributed by atoms with Gasteiger partial charge in [0.15, 0.2) is 6.10 Å². The molecule has 0 bridgehead atoms. The second-order valence-corrected chi connectivity index (χ2v) is 7.99. The molecule has 1 N–H and O–H groups in total. The lowest BCUT2D eigenvalue weighted by molar-refractivity contribution is -0.144. The number of ether oxygens (including phenoxy) is 1. The van der Waals surface area contributed by atoms with Crippen LogP contribution in [0.2, 0.25) is 0 Å². The van der Waals surface area contributed by atoms with Crippen molar-refractivity contribution in [2.24, 2.45) is 14.1 Å². The van der Waals surface area contributed by atoms with Crippen molar-refractivity contribution in [1.29, 1.82) is 0 Å². The number of carboxylic acids is 1. The van der Waals surface area contributed by atoms with E-state index in [9.17, 15) is 14.4 Å². The molecule has 1 atom stereocenters. The zero-order valence-electron chi connectivity index (χ0n) is 19.4. The molecule has 176 valence electrons. The van der Waals surface area contributed by atoms with Crippen LogP contribution in [-0.2, 0) is 25.3 Å². The molecule has 1 aromatic heterocycles. The maximum Gasteiger partial charge on any atom is 0.346 e. The average Bonchev–Trinajstić information content (AvgIpc) is 2.77. The predicted molar refractivity (Wildman–Crippen MR) is 124 cm³/mol. The van der Waals surface area contributed by atoms with Crippen LogP contribution in [-0.4, -0.2) is 44.6 Å². The molecule has 0 saturated heterocycles. The number of nitrogens with zero attached hydrogens (tertiary/aromatic N) is 4. The van der Waals surface area contributed by atoms with E-state index in [1.54, 1.807) is 19.2 Å². The van der Waals surface area contributed by atoms with E-state index in [-0.39, 0.29) is 5.82 Å². The second-order valence-electron chi connectivity index (χ2n) is 7.99. The highest BCUT2D eigenvalue weighted by atomic mass is 16.5. The fourth-order valence-corrected chi connectivity index (χ4v) is 3.36. The van der Waals surface area contributed by atoms with Gasteiger partial charge in [-0.25, -0.2) is 14.3 Å². The van der Waals surface area contributed by atoms with Crippen molar-refractivity contribution in [3.8, 4) is 5.75 Å². The van der Waals surface area contributed by atoms with Crippen LogP contribution in [0, 0.1) is 0 Å². The summed E-state index contributed by atoms with van der Waals surface area (Å²) in [4.78, 5) is 37.6. The third-order valence-corrected chi connectivity index (χ3v) is 5.39. The Morgan fingerprint density at radius 3 is 2.38 bits per heavy atom. The van der Waals surface area contributed by atoms with Crippen LogP contribution in [0.5, 0.6) is 5.75 Å². The summed E-state index contributed by atoms with van der Waals surface area (Å²) in [6, 6.07) is 7.26. The molecule has 0 aliphatic heterocycles.